The SMILES string of the molecule is O=C(c1cccc(NC2=N[C@H]3CS(=O)(=O)C[C@@H]3S2)c1)N1CCC(Cc2ccccc2)CC1. The maximum absolute atomic E-state index is 13.1. The number of amidine groups is 1. The van der Waals surface area contributed by atoms with Crippen LogP contribution in [-0.4, -0.2) is 60.3 Å². The van der Waals surface area contributed by atoms with Crippen LogP contribution in [0.15, 0.2) is 59.6 Å². The van der Waals surface area contributed by atoms with E-state index in [1.165, 1.54) is 17.3 Å². The van der Waals surface area contributed by atoms with Crippen LogP contribution in [-0.2, 0) is 16.3 Å². The van der Waals surface area contributed by atoms with Gasteiger partial charge in [0.2, 0.25) is 0 Å². The number of sulfone groups is 1. The summed E-state index contributed by atoms with van der Waals surface area (Å²) in [6, 6.07) is 17.9. The number of thioether (sulfide) groups is 1. The number of carbonyl (C=O) groups excluding carboxylic acids is 1. The Labute approximate surface area is 193 Å². The van der Waals surface area contributed by atoms with Crippen molar-refractivity contribution in [2.45, 2.75) is 30.6 Å². The molecule has 3 aliphatic heterocycles. The van der Waals surface area contributed by atoms with E-state index in [1.54, 1.807) is 0 Å². The van der Waals surface area contributed by atoms with Crippen LogP contribution in [0.1, 0.15) is 28.8 Å². The first kappa shape index (κ1) is 21.5. The van der Waals surface area contributed by atoms with Crippen molar-refractivity contribution < 1.29 is 13.2 Å². The van der Waals surface area contributed by atoms with Crippen molar-refractivity contribution in [3.63, 3.8) is 0 Å². The van der Waals surface area contributed by atoms with Crippen LogP contribution in [0.25, 0.3) is 0 Å². The lowest BCUT2D eigenvalue weighted by molar-refractivity contribution is 0.0690. The highest BCUT2D eigenvalue weighted by Gasteiger charge is 2.42. The van der Waals surface area contributed by atoms with Crippen molar-refractivity contribution in [3.05, 3.63) is 65.7 Å². The maximum Gasteiger partial charge on any atom is 0.253 e. The number of fused-ring (bicyclic) bond motifs is 1. The molecule has 5 rings (SSSR count). The molecule has 32 heavy (non-hydrogen) atoms. The van der Waals surface area contributed by atoms with E-state index in [0.717, 1.165) is 43.2 Å². The van der Waals surface area contributed by atoms with Gasteiger partial charge in [-0.1, -0.05) is 48.2 Å². The summed E-state index contributed by atoms with van der Waals surface area (Å²) >= 11 is 1.49. The van der Waals surface area contributed by atoms with E-state index >= 15 is 0 Å². The zero-order valence-corrected chi connectivity index (χ0v) is 19.4. The second-order valence-corrected chi connectivity index (χ2v) is 12.2. The number of anilines is 1. The molecule has 0 saturated carbocycles. The Kier molecular flexibility index (Phi) is 5.99. The molecule has 3 aliphatic rings. The van der Waals surface area contributed by atoms with Crippen LogP contribution in [0.4, 0.5) is 5.69 Å². The molecule has 2 aromatic rings. The van der Waals surface area contributed by atoms with Crippen LogP contribution in [0.2, 0.25) is 0 Å². The molecule has 0 unspecified atom stereocenters. The molecule has 3 heterocycles. The lowest BCUT2D eigenvalue weighted by Gasteiger charge is -2.32. The number of amides is 1. The first-order chi connectivity index (χ1) is 15.4. The number of nitrogens with one attached hydrogen (secondary N) is 1. The second kappa shape index (κ2) is 8.90. The molecule has 8 heteroatoms. The summed E-state index contributed by atoms with van der Waals surface area (Å²) in [5, 5.41) is 4.02. The largest absolute Gasteiger partial charge is 0.339 e. The van der Waals surface area contributed by atoms with E-state index < -0.39 is 9.84 Å². The van der Waals surface area contributed by atoms with Crippen LogP contribution in [0.3, 0.4) is 0 Å². The van der Waals surface area contributed by atoms with E-state index in [1.807, 2.05) is 35.2 Å². The third-order valence-electron chi connectivity index (χ3n) is 6.45. The number of aliphatic imine (C=N–C) groups is 1. The van der Waals surface area contributed by atoms with Crippen molar-refractivity contribution in [1.29, 1.82) is 0 Å². The molecular weight excluding hydrogens is 442 g/mol. The number of hydrogen-bond acceptors (Lipinski definition) is 6. The molecule has 6 nitrogen and oxygen atoms in total. The van der Waals surface area contributed by atoms with Crippen LogP contribution >= 0.6 is 11.8 Å². The van der Waals surface area contributed by atoms with Crippen molar-refractivity contribution in [2.75, 3.05) is 29.9 Å². The molecule has 2 fully saturated rings. The summed E-state index contributed by atoms with van der Waals surface area (Å²) in [6.45, 7) is 1.57. The Bertz CT molecular complexity index is 1130. The fraction of sp³-hybridized carbons (Fsp3) is 0.417. The van der Waals surface area contributed by atoms with Crippen molar-refractivity contribution in [3.8, 4) is 0 Å². The van der Waals surface area contributed by atoms with Gasteiger partial charge in [0.25, 0.3) is 5.91 Å². The zero-order valence-electron chi connectivity index (χ0n) is 17.8. The molecule has 2 saturated heterocycles. The van der Waals surface area contributed by atoms with E-state index in [4.69, 9.17) is 0 Å². The Morgan fingerprint density at radius 3 is 2.59 bits per heavy atom. The van der Waals surface area contributed by atoms with E-state index in [2.05, 4.69) is 34.6 Å². The lowest BCUT2D eigenvalue weighted by atomic mass is 9.90. The molecule has 2 atom stereocenters. The highest BCUT2D eigenvalue weighted by atomic mass is 32.2. The standard InChI is InChI=1S/C24H27N3O3S2/c28-23(27-11-9-18(10-12-27)13-17-5-2-1-3-6-17)19-7-4-8-20(14-19)25-24-26-21-15-32(29,30)16-22(21)31-24/h1-8,14,18,21-22H,9-13,15-16H2,(H,25,26)/t21-,22-/m0/s1. The van der Waals surface area contributed by atoms with E-state index in [0.29, 0.717) is 11.5 Å². The fourth-order valence-corrected chi connectivity index (χ4v) is 8.42. The van der Waals surface area contributed by atoms with E-state index in [-0.39, 0.29) is 28.7 Å². The average molecular weight is 470 g/mol. The number of hydrogen-bond donors (Lipinski definition) is 1. The maximum atomic E-state index is 13.1. The number of benzene rings is 2. The number of nitrogens with zero attached hydrogens (tertiary/aromatic N) is 2. The highest BCUT2D eigenvalue weighted by Crippen LogP contribution is 2.34. The summed E-state index contributed by atoms with van der Waals surface area (Å²) < 4.78 is 23.5. The first-order valence-electron chi connectivity index (χ1n) is 11.1. The average Bonchev–Trinajstić information content (AvgIpc) is 3.27. The monoisotopic (exact) mass is 469 g/mol. The van der Waals surface area contributed by atoms with Crippen molar-refractivity contribution in [1.82, 2.24) is 4.90 Å². The third kappa shape index (κ3) is 4.86. The second-order valence-electron chi connectivity index (χ2n) is 8.87. The van der Waals surface area contributed by atoms with Crippen molar-refractivity contribution in [2.24, 2.45) is 10.9 Å². The summed E-state index contributed by atoms with van der Waals surface area (Å²) in [7, 11) is -2.96. The van der Waals surface area contributed by atoms with Crippen LogP contribution in [0, 0.1) is 5.92 Å². The van der Waals surface area contributed by atoms with Gasteiger partial charge in [-0.25, -0.2) is 8.42 Å². The normalized spacial score (nSPS) is 24.8. The van der Waals surface area contributed by atoms with Gasteiger partial charge in [0.05, 0.1) is 17.5 Å². The minimum Gasteiger partial charge on any atom is -0.339 e. The van der Waals surface area contributed by atoms with Gasteiger partial charge in [0.15, 0.2) is 15.0 Å². The van der Waals surface area contributed by atoms with Gasteiger partial charge >= 0.3 is 0 Å². The highest BCUT2D eigenvalue weighted by molar-refractivity contribution is 8.15. The summed E-state index contributed by atoms with van der Waals surface area (Å²) in [5.41, 5.74) is 2.84. The van der Waals surface area contributed by atoms with Gasteiger partial charge in [-0.2, -0.15) is 0 Å². The molecule has 1 N–H and O–H groups in total. The Balaban J connectivity index is 1.17. The molecular formula is C24H27N3O3S2. The fourth-order valence-electron chi connectivity index (χ4n) is 4.74. The molecule has 168 valence electrons. The Hall–Kier alpha value is -2.32. The molecule has 2 aromatic carbocycles. The Morgan fingerprint density at radius 1 is 1.06 bits per heavy atom. The molecule has 1 amide bonds. The topological polar surface area (TPSA) is 78.8 Å². The zero-order chi connectivity index (χ0) is 22.1. The smallest absolute Gasteiger partial charge is 0.253 e. The quantitative estimate of drug-likeness (QED) is 0.742. The number of rotatable bonds is 4. The summed E-state index contributed by atoms with van der Waals surface area (Å²) in [4.78, 5) is 19.6. The summed E-state index contributed by atoms with van der Waals surface area (Å²) in [6.07, 6.45) is 3.13. The predicted molar refractivity (Wildman–Crippen MR) is 130 cm³/mol. The van der Waals surface area contributed by atoms with Crippen LogP contribution < -0.4 is 5.32 Å². The van der Waals surface area contributed by atoms with E-state index in [9.17, 15) is 13.2 Å². The van der Waals surface area contributed by atoms with Crippen molar-refractivity contribution >= 4 is 38.4 Å². The Morgan fingerprint density at radius 2 is 1.84 bits per heavy atom. The molecule has 0 bridgehead atoms. The molecule has 0 spiro atoms. The first-order valence-corrected chi connectivity index (χ1v) is 13.8. The minimum atomic E-state index is -2.96. The number of likely N-dealkylation sites (tertiary alicyclic amines) is 1. The lowest BCUT2D eigenvalue weighted by Crippen LogP contribution is -2.38. The molecule has 0 radical (unpaired) electrons. The van der Waals surface area contributed by atoms with Gasteiger partial charge in [-0.3, -0.25) is 9.79 Å². The summed E-state index contributed by atoms with van der Waals surface area (Å²) in [5.74, 6) is 1.01. The van der Waals surface area contributed by atoms with Gasteiger partial charge in [-0.05, 0) is 48.9 Å². The predicted octanol–water partition coefficient (Wildman–Crippen LogP) is 3.46. The van der Waals surface area contributed by atoms with Gasteiger partial charge in [0.1, 0.15) is 0 Å². The minimum absolute atomic E-state index is 0.00416. The number of piperidine rings is 1. The van der Waals surface area contributed by atoms with Gasteiger partial charge in [-0.15, -0.1) is 0 Å². The number of carbonyl (C=O) groups is 1. The van der Waals surface area contributed by atoms with Crippen LogP contribution in [0.5, 0.6) is 0 Å². The molecule has 0 aliphatic carbocycles. The third-order valence-corrected chi connectivity index (χ3v) is 9.59. The van der Waals surface area contributed by atoms with Gasteiger partial charge < -0.3 is 10.2 Å². The van der Waals surface area contributed by atoms with Gasteiger partial charge in [0, 0.05) is 29.6 Å². The molecule has 0 aromatic heterocycles.